The Hall–Kier alpha value is -1.95. The van der Waals surface area contributed by atoms with Crippen molar-refractivity contribution in [1.82, 2.24) is 4.98 Å². The number of unbranched alkanes of at least 4 members (excludes halogenated alkanes) is 1. The Labute approximate surface area is 172 Å². The van der Waals surface area contributed by atoms with Gasteiger partial charge in [0.1, 0.15) is 6.26 Å². The number of carbonyl (C=O) groups is 1. The van der Waals surface area contributed by atoms with E-state index in [4.69, 9.17) is 13.5 Å². The number of aromatic nitrogens is 1. The Morgan fingerprint density at radius 1 is 1.14 bits per heavy atom. The fourth-order valence-corrected chi connectivity index (χ4v) is 4.82. The van der Waals surface area contributed by atoms with Crippen molar-refractivity contribution in [2.45, 2.75) is 58.5 Å². The zero-order valence-electron chi connectivity index (χ0n) is 17.3. The van der Waals surface area contributed by atoms with Crippen molar-refractivity contribution in [3.05, 3.63) is 53.2 Å². The van der Waals surface area contributed by atoms with Crippen LogP contribution in [0.1, 0.15) is 56.3 Å². The van der Waals surface area contributed by atoms with Gasteiger partial charge in [-0.25, -0.2) is 4.98 Å². The van der Waals surface area contributed by atoms with E-state index in [1.54, 1.807) is 13.8 Å². The van der Waals surface area contributed by atoms with Crippen molar-refractivity contribution in [3.63, 3.8) is 0 Å². The lowest BCUT2D eigenvalue weighted by atomic mass is 10.0. The largest absolute Gasteiger partial charge is 0.481 e. The fraction of sp³-hybridized carbons (Fsp3) is 0.524. The quantitative estimate of drug-likeness (QED) is 0.459. The lowest BCUT2D eigenvalue weighted by molar-refractivity contribution is -0.137. The number of aliphatic carboxylic acids is 1. The monoisotopic (exact) mass is 423 g/mol. The molecule has 0 amide bonds. The number of carboxylic acid groups (broad SMARTS) is 1. The Balaban J connectivity index is 2.07. The molecule has 1 N–H and O–H groups in total. The predicted molar refractivity (Wildman–Crippen MR) is 110 cm³/mol. The van der Waals surface area contributed by atoms with Crippen LogP contribution >= 0.6 is 7.60 Å². The maximum absolute atomic E-state index is 12.9. The van der Waals surface area contributed by atoms with Gasteiger partial charge in [-0.05, 0) is 37.8 Å². The van der Waals surface area contributed by atoms with Gasteiger partial charge in [0.05, 0.1) is 18.9 Å². The van der Waals surface area contributed by atoms with Crippen LogP contribution < -0.4 is 0 Å². The van der Waals surface area contributed by atoms with E-state index < -0.39 is 19.2 Å². The number of hydrogen-bond donors (Lipinski definition) is 1. The van der Waals surface area contributed by atoms with Gasteiger partial charge in [-0.15, -0.1) is 0 Å². The molecule has 0 saturated heterocycles. The molecule has 1 heterocycles. The third kappa shape index (κ3) is 6.81. The van der Waals surface area contributed by atoms with Gasteiger partial charge in [0.2, 0.25) is 0 Å². The number of oxazole rings is 1. The molecule has 2 aromatic rings. The summed E-state index contributed by atoms with van der Waals surface area (Å²) in [6, 6.07) is 8.37. The van der Waals surface area contributed by atoms with Crippen LogP contribution in [0.4, 0.5) is 0 Å². The molecule has 0 aliphatic rings. The van der Waals surface area contributed by atoms with Crippen LogP contribution in [0.2, 0.25) is 0 Å². The minimum Gasteiger partial charge on any atom is -0.481 e. The second kappa shape index (κ2) is 11.3. The highest BCUT2D eigenvalue weighted by molar-refractivity contribution is 7.55. The maximum Gasteiger partial charge on any atom is 0.345 e. The van der Waals surface area contributed by atoms with Gasteiger partial charge < -0.3 is 18.6 Å². The Kier molecular flexibility index (Phi) is 9.08. The van der Waals surface area contributed by atoms with Gasteiger partial charge in [0.25, 0.3) is 0 Å². The molecule has 0 fully saturated rings. The van der Waals surface area contributed by atoms with Crippen molar-refractivity contribution < 1.29 is 27.9 Å². The van der Waals surface area contributed by atoms with Crippen LogP contribution in [0.15, 0.2) is 34.9 Å². The molecule has 0 saturated carbocycles. The second-order valence-electron chi connectivity index (χ2n) is 6.76. The number of aryl methyl sites for hydroxylation is 1. The van der Waals surface area contributed by atoms with Crippen molar-refractivity contribution in [1.29, 1.82) is 0 Å². The minimum atomic E-state index is -3.82. The number of nitrogens with zero attached hydrogens (tertiary/aromatic N) is 1. The minimum absolute atomic E-state index is 0.0894. The summed E-state index contributed by atoms with van der Waals surface area (Å²) in [5.74, 6) is -1.07. The van der Waals surface area contributed by atoms with Crippen molar-refractivity contribution in [2.24, 2.45) is 0 Å². The average Bonchev–Trinajstić information content (AvgIpc) is 3.13. The first kappa shape index (κ1) is 23.3. The first-order valence-electron chi connectivity index (χ1n) is 10.0. The highest BCUT2D eigenvalue weighted by Crippen LogP contribution is 2.54. The topological polar surface area (TPSA) is 98.9 Å². The van der Waals surface area contributed by atoms with Crippen LogP contribution in [0.3, 0.4) is 0 Å². The normalized spacial score (nSPS) is 12.8. The Morgan fingerprint density at radius 2 is 1.76 bits per heavy atom. The van der Waals surface area contributed by atoms with Gasteiger partial charge >= 0.3 is 13.6 Å². The first-order chi connectivity index (χ1) is 13.9. The van der Waals surface area contributed by atoms with E-state index in [-0.39, 0.29) is 25.5 Å². The van der Waals surface area contributed by atoms with Gasteiger partial charge in [0, 0.05) is 12.8 Å². The van der Waals surface area contributed by atoms with Crippen LogP contribution in [-0.4, -0.2) is 34.9 Å². The van der Waals surface area contributed by atoms with Crippen LogP contribution in [0.25, 0.3) is 0 Å². The molecule has 0 bridgehead atoms. The van der Waals surface area contributed by atoms with Crippen LogP contribution in [-0.2, 0) is 37.7 Å². The van der Waals surface area contributed by atoms with Crippen LogP contribution in [0.5, 0.6) is 0 Å². The summed E-state index contributed by atoms with van der Waals surface area (Å²) < 4.78 is 28.7. The van der Waals surface area contributed by atoms with E-state index in [2.05, 4.69) is 36.2 Å². The van der Waals surface area contributed by atoms with E-state index in [0.717, 1.165) is 12.0 Å². The van der Waals surface area contributed by atoms with E-state index in [0.29, 0.717) is 12.1 Å². The molecule has 1 aromatic carbocycles. The van der Waals surface area contributed by atoms with Gasteiger partial charge in [-0.1, -0.05) is 37.6 Å². The summed E-state index contributed by atoms with van der Waals surface area (Å²) in [4.78, 5) is 16.1. The highest BCUT2D eigenvalue weighted by Gasteiger charge is 2.42. The fourth-order valence-electron chi connectivity index (χ4n) is 3.01. The second-order valence-corrected chi connectivity index (χ2v) is 8.98. The number of carboxylic acids is 1. The maximum atomic E-state index is 12.9. The number of hydrogen-bond acceptors (Lipinski definition) is 6. The molecule has 0 radical (unpaired) electrons. The molecule has 1 aromatic heterocycles. The summed E-state index contributed by atoms with van der Waals surface area (Å²) >= 11 is 0. The summed E-state index contributed by atoms with van der Waals surface area (Å²) in [7, 11) is -3.82. The van der Waals surface area contributed by atoms with E-state index in [9.17, 15) is 14.5 Å². The first-order valence-corrected chi connectivity index (χ1v) is 11.7. The molecule has 0 aliphatic carbocycles. The summed E-state index contributed by atoms with van der Waals surface area (Å²) in [6.07, 6.45) is 5.32. The zero-order valence-corrected chi connectivity index (χ0v) is 18.2. The number of benzene rings is 1. The molecule has 160 valence electrons. The lowest BCUT2D eigenvalue weighted by Gasteiger charge is -2.22. The number of rotatable bonds is 13. The summed E-state index contributed by atoms with van der Waals surface area (Å²) in [5, 5.41) is 9.55. The molecular formula is C21H30NO6P. The molecule has 0 spiro atoms. The standard InChI is InChI=1S/C21H30NO6P/c1-4-7-8-16-9-11-17(12-10-16)13-18-15-26-20(22-18)14-19(21(23)24)29(25,27-5-2)28-6-3/h9-12,15,19H,4-8,13-14H2,1-3H3,(H,23,24). The van der Waals surface area contributed by atoms with Crippen molar-refractivity contribution >= 4 is 13.6 Å². The predicted octanol–water partition coefficient (Wildman–Crippen LogP) is 4.87. The van der Waals surface area contributed by atoms with Crippen molar-refractivity contribution in [2.75, 3.05) is 13.2 Å². The molecular weight excluding hydrogens is 393 g/mol. The van der Waals surface area contributed by atoms with E-state index in [1.165, 1.54) is 24.7 Å². The lowest BCUT2D eigenvalue weighted by Crippen LogP contribution is -2.26. The Bertz CT molecular complexity index is 807. The third-order valence-electron chi connectivity index (χ3n) is 4.48. The zero-order chi connectivity index (χ0) is 21.3. The van der Waals surface area contributed by atoms with Gasteiger partial charge in [-0.2, -0.15) is 0 Å². The summed E-state index contributed by atoms with van der Waals surface area (Å²) in [5.41, 5.74) is 1.72. The molecule has 1 atom stereocenters. The Morgan fingerprint density at radius 3 is 2.31 bits per heavy atom. The molecule has 8 heteroatoms. The third-order valence-corrected chi connectivity index (χ3v) is 6.88. The molecule has 0 aliphatic heterocycles. The van der Waals surface area contributed by atoms with Crippen molar-refractivity contribution in [3.8, 4) is 0 Å². The van der Waals surface area contributed by atoms with Gasteiger partial charge in [-0.3, -0.25) is 9.36 Å². The van der Waals surface area contributed by atoms with Gasteiger partial charge in [0.15, 0.2) is 11.5 Å². The molecule has 2 rings (SSSR count). The van der Waals surface area contributed by atoms with Crippen LogP contribution in [0, 0.1) is 0 Å². The SMILES string of the molecule is CCCCc1ccc(Cc2coc(CC(C(=O)O)P(=O)(OCC)OCC)n2)cc1. The smallest absolute Gasteiger partial charge is 0.345 e. The summed E-state index contributed by atoms with van der Waals surface area (Å²) in [6.45, 7) is 5.63. The molecule has 29 heavy (non-hydrogen) atoms. The molecule has 1 unspecified atom stereocenters. The average molecular weight is 423 g/mol. The van der Waals surface area contributed by atoms with E-state index in [1.807, 2.05) is 0 Å². The van der Waals surface area contributed by atoms with E-state index >= 15 is 0 Å². The molecule has 7 nitrogen and oxygen atoms in total. The highest BCUT2D eigenvalue weighted by atomic mass is 31.2.